The van der Waals surface area contributed by atoms with Crippen LogP contribution < -0.4 is 5.73 Å². The molecule has 0 aromatic carbocycles. The topological polar surface area (TPSA) is 62.7 Å². The summed E-state index contributed by atoms with van der Waals surface area (Å²) in [7, 11) is 2.00. The van der Waals surface area contributed by atoms with Crippen molar-refractivity contribution in [1.82, 2.24) is 9.80 Å². The van der Waals surface area contributed by atoms with Crippen LogP contribution in [0.5, 0.6) is 0 Å². The van der Waals surface area contributed by atoms with Gasteiger partial charge in [0.2, 0.25) is 5.91 Å². The Kier molecular flexibility index (Phi) is 3.96. The highest BCUT2D eigenvalue weighted by atomic mass is 16.3. The molecule has 1 aromatic heterocycles. The van der Waals surface area contributed by atoms with Gasteiger partial charge in [0, 0.05) is 12.1 Å². The number of piperazine rings is 1. The maximum absolute atomic E-state index is 12.5. The van der Waals surface area contributed by atoms with Crippen molar-refractivity contribution in [3.05, 3.63) is 24.2 Å². The maximum atomic E-state index is 12.5. The Balaban J connectivity index is 2.17. The van der Waals surface area contributed by atoms with Gasteiger partial charge in [0.05, 0.1) is 18.8 Å². The molecule has 5 nitrogen and oxygen atoms in total. The van der Waals surface area contributed by atoms with Gasteiger partial charge in [-0.15, -0.1) is 0 Å². The Labute approximate surface area is 114 Å². The highest BCUT2D eigenvalue weighted by Gasteiger charge is 2.42. The van der Waals surface area contributed by atoms with Gasteiger partial charge in [-0.05, 0) is 46.0 Å². The van der Waals surface area contributed by atoms with Gasteiger partial charge in [0.1, 0.15) is 5.76 Å². The zero-order valence-electron chi connectivity index (χ0n) is 11.9. The summed E-state index contributed by atoms with van der Waals surface area (Å²) < 4.78 is 5.34. The first-order chi connectivity index (χ1) is 8.95. The molecule has 1 aromatic rings. The Morgan fingerprint density at radius 1 is 1.53 bits per heavy atom. The van der Waals surface area contributed by atoms with Crippen molar-refractivity contribution in [2.45, 2.75) is 38.4 Å². The molecule has 1 atom stereocenters. The van der Waals surface area contributed by atoms with Crippen LogP contribution in [0.15, 0.2) is 22.8 Å². The predicted octanol–water partition coefficient (Wildman–Crippen LogP) is 1.05. The van der Waals surface area contributed by atoms with Crippen molar-refractivity contribution < 1.29 is 9.21 Å². The summed E-state index contributed by atoms with van der Waals surface area (Å²) in [6, 6.07) is 3.61. The zero-order chi connectivity index (χ0) is 14.0. The van der Waals surface area contributed by atoms with E-state index in [9.17, 15) is 4.79 Å². The Morgan fingerprint density at radius 3 is 2.84 bits per heavy atom. The number of likely N-dealkylation sites (N-methyl/N-ethyl adjacent to an activating group) is 1. The van der Waals surface area contributed by atoms with Crippen LogP contribution in [-0.4, -0.2) is 47.4 Å². The predicted molar refractivity (Wildman–Crippen MR) is 73.4 cm³/mol. The van der Waals surface area contributed by atoms with E-state index in [4.69, 9.17) is 10.2 Å². The average molecular weight is 265 g/mol. The molecule has 1 saturated heterocycles. The number of hydrogen-bond acceptors (Lipinski definition) is 4. The lowest BCUT2D eigenvalue weighted by atomic mass is 9.93. The second-order valence-electron chi connectivity index (χ2n) is 5.79. The first kappa shape index (κ1) is 14.1. The Morgan fingerprint density at radius 2 is 2.26 bits per heavy atom. The van der Waals surface area contributed by atoms with Gasteiger partial charge in [0.25, 0.3) is 0 Å². The van der Waals surface area contributed by atoms with Crippen molar-refractivity contribution in [1.29, 1.82) is 0 Å². The first-order valence-corrected chi connectivity index (χ1v) is 6.70. The summed E-state index contributed by atoms with van der Waals surface area (Å²) in [5, 5.41) is 0. The molecule has 1 aliphatic rings. The molecule has 0 spiro atoms. The molecule has 2 N–H and O–H groups in total. The lowest BCUT2D eigenvalue weighted by Crippen LogP contribution is -2.65. The summed E-state index contributed by atoms with van der Waals surface area (Å²) in [6.07, 6.45) is 2.33. The van der Waals surface area contributed by atoms with E-state index in [1.807, 2.05) is 24.1 Å². The van der Waals surface area contributed by atoms with Crippen LogP contribution in [-0.2, 0) is 11.3 Å². The molecule has 2 heterocycles. The van der Waals surface area contributed by atoms with E-state index in [2.05, 4.69) is 18.7 Å². The number of carbonyl (C=O) groups is 1. The molecule has 19 heavy (non-hydrogen) atoms. The zero-order valence-corrected chi connectivity index (χ0v) is 11.9. The number of nitrogens with two attached hydrogens (primary N) is 1. The van der Waals surface area contributed by atoms with Crippen molar-refractivity contribution in [3.63, 3.8) is 0 Å². The van der Waals surface area contributed by atoms with Gasteiger partial charge in [0.15, 0.2) is 0 Å². The summed E-state index contributed by atoms with van der Waals surface area (Å²) in [6.45, 7) is 6.05. The molecule has 1 fully saturated rings. The smallest absolute Gasteiger partial charge is 0.240 e. The molecule has 1 amide bonds. The van der Waals surface area contributed by atoms with E-state index in [0.717, 1.165) is 5.76 Å². The maximum Gasteiger partial charge on any atom is 0.240 e. The number of furan rings is 1. The van der Waals surface area contributed by atoms with Crippen LogP contribution in [0.3, 0.4) is 0 Å². The van der Waals surface area contributed by atoms with Crippen molar-refractivity contribution >= 4 is 5.91 Å². The van der Waals surface area contributed by atoms with Crippen LogP contribution in [0.1, 0.15) is 26.0 Å². The van der Waals surface area contributed by atoms with Crippen molar-refractivity contribution in [2.75, 3.05) is 20.1 Å². The highest BCUT2D eigenvalue weighted by molar-refractivity contribution is 5.83. The van der Waals surface area contributed by atoms with E-state index in [1.165, 1.54) is 0 Å². The lowest BCUT2D eigenvalue weighted by Gasteiger charge is -2.49. The average Bonchev–Trinajstić information content (AvgIpc) is 2.84. The molecule has 0 saturated carbocycles. The van der Waals surface area contributed by atoms with Gasteiger partial charge in [-0.25, -0.2) is 0 Å². The van der Waals surface area contributed by atoms with Gasteiger partial charge in [-0.3, -0.25) is 9.69 Å². The number of carbonyl (C=O) groups excluding carboxylic acids is 1. The molecule has 1 aliphatic heterocycles. The van der Waals surface area contributed by atoms with E-state index in [1.54, 1.807) is 6.26 Å². The number of nitrogens with zero attached hydrogens (tertiary/aromatic N) is 2. The second kappa shape index (κ2) is 5.35. The SMILES string of the molecule is CN1C(CCN)C(=O)N(Cc2ccco2)CC1(C)C. The third-order valence-electron chi connectivity index (χ3n) is 3.96. The van der Waals surface area contributed by atoms with E-state index < -0.39 is 0 Å². The fourth-order valence-electron chi connectivity index (χ4n) is 2.65. The first-order valence-electron chi connectivity index (χ1n) is 6.70. The summed E-state index contributed by atoms with van der Waals surface area (Å²) in [5.74, 6) is 0.962. The quantitative estimate of drug-likeness (QED) is 0.884. The molecule has 0 aliphatic carbocycles. The number of amides is 1. The largest absolute Gasteiger partial charge is 0.467 e. The Bertz CT molecular complexity index is 428. The number of hydrogen-bond donors (Lipinski definition) is 1. The highest BCUT2D eigenvalue weighted by Crippen LogP contribution is 2.27. The lowest BCUT2D eigenvalue weighted by molar-refractivity contribution is -0.149. The monoisotopic (exact) mass is 265 g/mol. The Hall–Kier alpha value is -1.33. The molecule has 5 heteroatoms. The fraction of sp³-hybridized carbons (Fsp3) is 0.643. The molecule has 2 rings (SSSR count). The van der Waals surface area contributed by atoms with Gasteiger partial charge in [-0.2, -0.15) is 0 Å². The number of rotatable bonds is 4. The van der Waals surface area contributed by atoms with Crippen LogP contribution in [0.4, 0.5) is 0 Å². The van der Waals surface area contributed by atoms with Crippen LogP contribution in [0.2, 0.25) is 0 Å². The van der Waals surface area contributed by atoms with Crippen LogP contribution in [0, 0.1) is 0 Å². The van der Waals surface area contributed by atoms with Gasteiger partial charge in [-0.1, -0.05) is 0 Å². The van der Waals surface area contributed by atoms with Gasteiger partial charge < -0.3 is 15.1 Å². The fourth-order valence-corrected chi connectivity index (χ4v) is 2.65. The third-order valence-corrected chi connectivity index (χ3v) is 3.96. The normalized spacial score (nSPS) is 23.9. The molecule has 0 bridgehead atoms. The van der Waals surface area contributed by atoms with E-state index in [-0.39, 0.29) is 17.5 Å². The van der Waals surface area contributed by atoms with Crippen molar-refractivity contribution in [3.8, 4) is 0 Å². The minimum absolute atomic E-state index is 0.0552. The van der Waals surface area contributed by atoms with E-state index >= 15 is 0 Å². The molecular formula is C14H23N3O2. The summed E-state index contributed by atoms with van der Waals surface area (Å²) in [4.78, 5) is 16.5. The van der Waals surface area contributed by atoms with Crippen LogP contribution in [0.25, 0.3) is 0 Å². The minimum Gasteiger partial charge on any atom is -0.467 e. The minimum atomic E-state index is -0.135. The summed E-state index contributed by atoms with van der Waals surface area (Å²) in [5.41, 5.74) is 5.58. The molecule has 1 unspecified atom stereocenters. The summed E-state index contributed by atoms with van der Waals surface area (Å²) >= 11 is 0. The van der Waals surface area contributed by atoms with Crippen LogP contribution >= 0.6 is 0 Å². The molecule has 0 radical (unpaired) electrons. The second-order valence-corrected chi connectivity index (χ2v) is 5.79. The third kappa shape index (κ3) is 2.82. The molecular weight excluding hydrogens is 242 g/mol. The van der Waals surface area contributed by atoms with E-state index in [0.29, 0.717) is 26.1 Å². The van der Waals surface area contributed by atoms with Gasteiger partial charge >= 0.3 is 0 Å². The standard InChI is InChI=1S/C14H23N3O2/c1-14(2)10-17(9-11-5-4-8-19-11)13(18)12(6-7-15)16(14)3/h4-5,8,12H,6-7,9-10,15H2,1-3H3. The molecule has 106 valence electrons. The van der Waals surface area contributed by atoms with Crippen molar-refractivity contribution in [2.24, 2.45) is 5.73 Å².